The lowest BCUT2D eigenvalue weighted by molar-refractivity contribution is 0.101. The van der Waals surface area contributed by atoms with E-state index in [-0.39, 0.29) is 11.6 Å². The molecule has 0 N–H and O–H groups in total. The van der Waals surface area contributed by atoms with Gasteiger partial charge in [-0.2, -0.15) is 0 Å². The highest BCUT2D eigenvalue weighted by atomic mass is 16.5. The number of carbonyl (C=O) groups excluding carboxylic acids is 1. The van der Waals surface area contributed by atoms with Crippen LogP contribution in [0, 0.1) is 4.91 Å². The monoisotopic (exact) mass is 361 g/mol. The molecule has 0 atom stereocenters. The summed E-state index contributed by atoms with van der Waals surface area (Å²) in [7, 11) is 3.08. The molecule has 0 unspecified atom stereocenters. The van der Waals surface area contributed by atoms with Crippen molar-refractivity contribution in [2.45, 2.75) is 6.92 Å². The zero-order valence-electron chi connectivity index (χ0n) is 15.3. The third kappa shape index (κ3) is 3.69. The maximum atomic E-state index is 12.4. The van der Waals surface area contributed by atoms with Gasteiger partial charge in [-0.15, -0.1) is 4.91 Å². The average molecular weight is 361 g/mol. The Kier molecular flexibility index (Phi) is 5.26. The second-order valence-electron chi connectivity index (χ2n) is 6.01. The van der Waals surface area contributed by atoms with E-state index in [1.807, 2.05) is 60.7 Å². The van der Waals surface area contributed by atoms with Gasteiger partial charge in [-0.1, -0.05) is 30.3 Å². The molecule has 1 heterocycles. The maximum Gasteiger partial charge on any atom is 0.164 e. The molecule has 0 aliphatic heterocycles. The van der Waals surface area contributed by atoms with Crippen molar-refractivity contribution in [1.29, 1.82) is 0 Å². The van der Waals surface area contributed by atoms with Crippen LogP contribution in [0.5, 0.6) is 5.75 Å². The molecule has 3 aromatic rings. The summed E-state index contributed by atoms with van der Waals surface area (Å²) in [4.78, 5) is 28.1. The van der Waals surface area contributed by atoms with Crippen molar-refractivity contribution in [3.8, 4) is 28.1 Å². The Balaban J connectivity index is 2.29. The molecule has 1 aromatic heterocycles. The van der Waals surface area contributed by atoms with Crippen molar-refractivity contribution < 1.29 is 9.53 Å². The summed E-state index contributed by atoms with van der Waals surface area (Å²) in [6.07, 6.45) is 0. The number of pyridine rings is 1. The number of nitrogens with zero attached hydrogens (tertiary/aromatic N) is 3. The summed E-state index contributed by atoms with van der Waals surface area (Å²) in [6, 6.07) is 18.8. The van der Waals surface area contributed by atoms with Crippen molar-refractivity contribution in [3.05, 3.63) is 71.1 Å². The van der Waals surface area contributed by atoms with Gasteiger partial charge in [0, 0.05) is 12.6 Å². The Hall–Kier alpha value is -3.54. The van der Waals surface area contributed by atoms with Crippen molar-refractivity contribution in [1.82, 2.24) is 4.98 Å². The summed E-state index contributed by atoms with van der Waals surface area (Å²) in [5.41, 5.74) is 3.39. The summed E-state index contributed by atoms with van der Waals surface area (Å²) >= 11 is 0. The van der Waals surface area contributed by atoms with Crippen molar-refractivity contribution in [2.24, 2.45) is 5.29 Å². The standard InChI is InChI=1S/C21H19N3O3/c1-14(25)20-18(15-7-5-4-6-8-15)13-19(22-21(20)24(2)23-26)16-9-11-17(27-3)12-10-16/h4-13H,1-3H3. The van der Waals surface area contributed by atoms with Crippen LogP contribution in [0.25, 0.3) is 22.4 Å². The van der Waals surface area contributed by atoms with Crippen LogP contribution in [0.4, 0.5) is 5.82 Å². The number of Topliss-reactive ketones (excluding diaryl/α,β-unsaturated/α-hetero) is 1. The van der Waals surface area contributed by atoms with E-state index in [1.54, 1.807) is 7.11 Å². The van der Waals surface area contributed by atoms with Gasteiger partial charge < -0.3 is 4.74 Å². The van der Waals surface area contributed by atoms with E-state index in [0.29, 0.717) is 16.8 Å². The number of hydrogen-bond acceptors (Lipinski definition) is 5. The SMILES string of the molecule is COc1ccc(-c2cc(-c3ccccc3)c(C(C)=O)c(N(C)N=O)n2)cc1. The second kappa shape index (κ2) is 7.78. The van der Waals surface area contributed by atoms with Crippen LogP contribution >= 0.6 is 0 Å². The first-order chi connectivity index (χ1) is 13.0. The number of methoxy groups -OCH3 is 1. The second-order valence-corrected chi connectivity index (χ2v) is 6.01. The molecule has 0 saturated carbocycles. The van der Waals surface area contributed by atoms with Crippen molar-refractivity contribution in [2.75, 3.05) is 19.2 Å². The Bertz CT molecular complexity index is 970. The highest BCUT2D eigenvalue weighted by molar-refractivity contribution is 6.06. The quantitative estimate of drug-likeness (QED) is 0.360. The molecule has 0 aliphatic rings. The minimum atomic E-state index is -0.187. The van der Waals surface area contributed by atoms with E-state index in [9.17, 15) is 9.70 Å². The van der Waals surface area contributed by atoms with Crippen LogP contribution in [0.15, 0.2) is 65.9 Å². The normalized spacial score (nSPS) is 10.3. The number of rotatable bonds is 6. The average Bonchev–Trinajstić information content (AvgIpc) is 2.72. The Labute approximate surface area is 157 Å². The van der Waals surface area contributed by atoms with Crippen LogP contribution in [0.2, 0.25) is 0 Å². The smallest absolute Gasteiger partial charge is 0.164 e. The Morgan fingerprint density at radius 3 is 2.26 bits per heavy atom. The lowest BCUT2D eigenvalue weighted by atomic mass is 9.96. The lowest BCUT2D eigenvalue weighted by Crippen LogP contribution is -2.15. The number of nitroso groups, excluding NO2 is 1. The van der Waals surface area contributed by atoms with Gasteiger partial charge in [-0.3, -0.25) is 4.79 Å². The largest absolute Gasteiger partial charge is 0.497 e. The molecule has 6 nitrogen and oxygen atoms in total. The molecule has 0 saturated heterocycles. The lowest BCUT2D eigenvalue weighted by Gasteiger charge is -2.18. The molecular formula is C21H19N3O3. The van der Waals surface area contributed by atoms with E-state index in [1.165, 1.54) is 14.0 Å². The van der Waals surface area contributed by atoms with Gasteiger partial charge in [0.05, 0.1) is 23.7 Å². The summed E-state index contributed by atoms with van der Waals surface area (Å²) in [5, 5.41) is 4.03. The Morgan fingerprint density at radius 2 is 1.70 bits per heavy atom. The zero-order valence-corrected chi connectivity index (χ0v) is 15.3. The van der Waals surface area contributed by atoms with Gasteiger partial charge >= 0.3 is 0 Å². The first-order valence-electron chi connectivity index (χ1n) is 8.38. The molecule has 0 aliphatic carbocycles. The van der Waals surface area contributed by atoms with Crippen LogP contribution in [0.3, 0.4) is 0 Å². The predicted molar refractivity (Wildman–Crippen MR) is 106 cm³/mol. The third-order valence-electron chi connectivity index (χ3n) is 4.25. The van der Waals surface area contributed by atoms with Crippen molar-refractivity contribution in [3.63, 3.8) is 0 Å². The molecule has 6 heteroatoms. The van der Waals surface area contributed by atoms with E-state index in [2.05, 4.69) is 10.3 Å². The molecule has 27 heavy (non-hydrogen) atoms. The predicted octanol–water partition coefficient (Wildman–Crippen LogP) is 4.74. The summed E-state index contributed by atoms with van der Waals surface area (Å²) < 4.78 is 5.20. The molecule has 0 amide bonds. The number of ether oxygens (including phenoxy) is 1. The number of anilines is 1. The molecule has 0 spiro atoms. The van der Waals surface area contributed by atoms with Gasteiger partial charge in [0.1, 0.15) is 5.75 Å². The highest BCUT2D eigenvalue weighted by Crippen LogP contribution is 2.34. The van der Waals surface area contributed by atoms with Gasteiger partial charge in [-0.25, -0.2) is 9.99 Å². The van der Waals surface area contributed by atoms with Crippen LogP contribution in [0.1, 0.15) is 17.3 Å². The highest BCUT2D eigenvalue weighted by Gasteiger charge is 2.21. The molecular weight excluding hydrogens is 342 g/mol. The molecule has 2 aromatic carbocycles. The zero-order chi connectivity index (χ0) is 19.4. The molecule has 0 fully saturated rings. The molecule has 0 radical (unpaired) electrons. The number of hydrogen-bond donors (Lipinski definition) is 0. The Morgan fingerprint density at radius 1 is 1.04 bits per heavy atom. The maximum absolute atomic E-state index is 12.4. The number of ketones is 1. The van der Waals surface area contributed by atoms with Gasteiger partial charge in [0.15, 0.2) is 11.6 Å². The first kappa shape index (κ1) is 18.3. The third-order valence-corrected chi connectivity index (χ3v) is 4.25. The van der Waals surface area contributed by atoms with Gasteiger partial charge in [-0.05, 0) is 48.4 Å². The minimum Gasteiger partial charge on any atom is -0.497 e. The fourth-order valence-electron chi connectivity index (χ4n) is 2.91. The number of aromatic nitrogens is 1. The van der Waals surface area contributed by atoms with Gasteiger partial charge in [0.25, 0.3) is 0 Å². The van der Waals surface area contributed by atoms with Crippen LogP contribution in [-0.4, -0.2) is 24.9 Å². The van der Waals surface area contributed by atoms with E-state index < -0.39 is 0 Å². The topological polar surface area (TPSA) is 71.9 Å². The number of benzene rings is 2. The van der Waals surface area contributed by atoms with E-state index in [0.717, 1.165) is 21.9 Å². The molecule has 136 valence electrons. The minimum absolute atomic E-state index is 0.187. The number of carbonyl (C=O) groups is 1. The van der Waals surface area contributed by atoms with Crippen molar-refractivity contribution >= 4 is 11.6 Å². The van der Waals surface area contributed by atoms with Crippen LogP contribution < -0.4 is 9.75 Å². The van der Waals surface area contributed by atoms with E-state index in [4.69, 9.17) is 4.74 Å². The summed E-state index contributed by atoms with van der Waals surface area (Å²) in [5.74, 6) is 0.770. The fraction of sp³-hybridized carbons (Fsp3) is 0.143. The first-order valence-corrected chi connectivity index (χ1v) is 8.38. The summed E-state index contributed by atoms with van der Waals surface area (Å²) in [6.45, 7) is 1.46. The van der Waals surface area contributed by atoms with Gasteiger partial charge in [0.2, 0.25) is 0 Å². The fourth-order valence-corrected chi connectivity index (χ4v) is 2.91. The molecule has 0 bridgehead atoms. The van der Waals surface area contributed by atoms with E-state index >= 15 is 0 Å². The van der Waals surface area contributed by atoms with Crippen LogP contribution in [-0.2, 0) is 0 Å². The molecule has 3 rings (SSSR count).